The molecule has 2 aromatic carbocycles. The summed E-state index contributed by atoms with van der Waals surface area (Å²) in [6, 6.07) is 13.8. The molecular formula is C18H12Cl2O. The number of benzene rings is 2. The van der Waals surface area contributed by atoms with E-state index >= 15 is 0 Å². The Kier molecular flexibility index (Phi) is 5.59. The van der Waals surface area contributed by atoms with E-state index in [-0.39, 0.29) is 0 Å². The summed E-state index contributed by atoms with van der Waals surface area (Å²) < 4.78 is 5.36. The molecule has 0 saturated carbocycles. The fourth-order valence-corrected chi connectivity index (χ4v) is 2.40. The standard InChI is InChI=1S/C18H12Cl2O/c1-2-3-9-21-18-11-15(12-19)17(10-16(18)13-20)14-7-5-4-6-8-14/h1,4-8,10-11H,12-13H2. The average Bonchev–Trinajstić information content (AvgIpc) is 2.55. The lowest BCUT2D eigenvalue weighted by atomic mass is 9.98. The van der Waals surface area contributed by atoms with Crippen LogP contribution in [0.15, 0.2) is 42.5 Å². The van der Waals surface area contributed by atoms with Gasteiger partial charge in [-0.25, -0.2) is 0 Å². The zero-order valence-electron chi connectivity index (χ0n) is 11.2. The quantitative estimate of drug-likeness (QED) is 0.581. The SMILES string of the molecule is C#CC#COc1cc(CCl)c(-c2ccccc2)cc1CCl. The Hall–Kier alpha value is -2.06. The summed E-state index contributed by atoms with van der Waals surface area (Å²) in [6.45, 7) is 0. The zero-order chi connectivity index (χ0) is 15.1. The van der Waals surface area contributed by atoms with E-state index in [0.717, 1.165) is 22.3 Å². The second-order valence-corrected chi connectivity index (χ2v) is 4.76. The van der Waals surface area contributed by atoms with Gasteiger partial charge in [-0.05, 0) is 34.7 Å². The molecule has 104 valence electrons. The summed E-state index contributed by atoms with van der Waals surface area (Å²) in [7, 11) is 0. The van der Waals surface area contributed by atoms with Gasteiger partial charge in [-0.1, -0.05) is 30.3 Å². The summed E-state index contributed by atoms with van der Waals surface area (Å²) in [5.41, 5.74) is 3.92. The highest BCUT2D eigenvalue weighted by atomic mass is 35.5. The number of halogens is 2. The van der Waals surface area contributed by atoms with E-state index in [2.05, 4.69) is 17.9 Å². The Balaban J connectivity index is 2.51. The number of hydrogen-bond acceptors (Lipinski definition) is 1. The Bertz CT molecular complexity index is 719. The van der Waals surface area contributed by atoms with Gasteiger partial charge in [0.25, 0.3) is 0 Å². The van der Waals surface area contributed by atoms with Crippen LogP contribution in [-0.4, -0.2) is 0 Å². The molecule has 0 bridgehead atoms. The highest BCUT2D eigenvalue weighted by Crippen LogP contribution is 2.32. The van der Waals surface area contributed by atoms with Crippen molar-refractivity contribution in [2.45, 2.75) is 11.8 Å². The molecule has 21 heavy (non-hydrogen) atoms. The van der Waals surface area contributed by atoms with Gasteiger partial charge in [-0.2, -0.15) is 0 Å². The van der Waals surface area contributed by atoms with Crippen molar-refractivity contribution in [3.63, 3.8) is 0 Å². The highest BCUT2D eigenvalue weighted by molar-refractivity contribution is 6.18. The molecule has 0 heterocycles. The van der Waals surface area contributed by atoms with E-state index in [1.807, 2.05) is 42.5 Å². The first-order valence-electron chi connectivity index (χ1n) is 6.25. The topological polar surface area (TPSA) is 9.23 Å². The molecule has 0 amide bonds. The minimum absolute atomic E-state index is 0.315. The van der Waals surface area contributed by atoms with Crippen LogP contribution in [-0.2, 0) is 11.8 Å². The fraction of sp³-hybridized carbons (Fsp3) is 0.111. The number of ether oxygens (including phenoxy) is 1. The lowest BCUT2D eigenvalue weighted by Crippen LogP contribution is -1.95. The summed E-state index contributed by atoms with van der Waals surface area (Å²) in [5, 5.41) is 0. The summed E-state index contributed by atoms with van der Waals surface area (Å²) >= 11 is 12.1. The molecule has 3 heteroatoms. The molecule has 1 nitrogen and oxygen atoms in total. The number of terminal acetylenes is 1. The highest BCUT2D eigenvalue weighted by Gasteiger charge is 2.11. The van der Waals surface area contributed by atoms with Crippen LogP contribution in [0.5, 0.6) is 5.75 Å². The summed E-state index contributed by atoms with van der Waals surface area (Å²) in [4.78, 5) is 0. The Morgan fingerprint density at radius 3 is 2.33 bits per heavy atom. The molecule has 0 aliphatic heterocycles. The van der Waals surface area contributed by atoms with Crippen LogP contribution in [0.4, 0.5) is 0 Å². The van der Waals surface area contributed by atoms with E-state index in [1.165, 1.54) is 0 Å². The molecule has 0 radical (unpaired) electrons. The minimum Gasteiger partial charge on any atom is -0.406 e. The van der Waals surface area contributed by atoms with Crippen molar-refractivity contribution in [3.8, 4) is 41.2 Å². The maximum Gasteiger partial charge on any atom is 0.145 e. The van der Waals surface area contributed by atoms with Crippen molar-refractivity contribution in [3.05, 3.63) is 53.6 Å². The van der Waals surface area contributed by atoms with Gasteiger partial charge in [0.1, 0.15) is 11.9 Å². The molecule has 0 unspecified atom stereocenters. The van der Waals surface area contributed by atoms with Gasteiger partial charge in [-0.3, -0.25) is 0 Å². The van der Waals surface area contributed by atoms with Crippen LogP contribution >= 0.6 is 23.2 Å². The maximum atomic E-state index is 6.05. The van der Waals surface area contributed by atoms with Crippen LogP contribution in [0.3, 0.4) is 0 Å². The Morgan fingerprint density at radius 1 is 1.00 bits per heavy atom. The van der Waals surface area contributed by atoms with Gasteiger partial charge >= 0.3 is 0 Å². The molecule has 0 aliphatic rings. The lowest BCUT2D eigenvalue weighted by Gasteiger charge is -2.12. The average molecular weight is 315 g/mol. The van der Waals surface area contributed by atoms with Crippen molar-refractivity contribution < 1.29 is 4.74 Å². The van der Waals surface area contributed by atoms with Crippen LogP contribution in [0.1, 0.15) is 11.1 Å². The first-order valence-corrected chi connectivity index (χ1v) is 7.32. The van der Waals surface area contributed by atoms with Crippen molar-refractivity contribution in [1.82, 2.24) is 0 Å². The van der Waals surface area contributed by atoms with Gasteiger partial charge in [0.15, 0.2) is 0 Å². The molecule has 0 aromatic heterocycles. The van der Waals surface area contributed by atoms with E-state index in [0.29, 0.717) is 17.5 Å². The second-order valence-electron chi connectivity index (χ2n) is 4.22. The van der Waals surface area contributed by atoms with Gasteiger partial charge in [0, 0.05) is 17.4 Å². The molecule has 2 rings (SSSR count). The van der Waals surface area contributed by atoms with Crippen LogP contribution < -0.4 is 4.74 Å². The third kappa shape index (κ3) is 3.73. The Labute approximate surface area is 134 Å². The molecular weight excluding hydrogens is 303 g/mol. The minimum atomic E-state index is 0.315. The fourth-order valence-electron chi connectivity index (χ4n) is 1.97. The van der Waals surface area contributed by atoms with Crippen LogP contribution in [0.2, 0.25) is 0 Å². The summed E-state index contributed by atoms with van der Waals surface area (Å²) in [6.07, 6.45) is 7.52. The third-order valence-corrected chi connectivity index (χ3v) is 3.52. The first-order chi connectivity index (χ1) is 10.3. The van der Waals surface area contributed by atoms with E-state index in [4.69, 9.17) is 34.4 Å². The van der Waals surface area contributed by atoms with Gasteiger partial charge in [-0.15, -0.1) is 29.6 Å². The van der Waals surface area contributed by atoms with E-state index in [1.54, 1.807) is 0 Å². The predicted molar refractivity (Wildman–Crippen MR) is 88.2 cm³/mol. The summed E-state index contributed by atoms with van der Waals surface area (Å²) in [5.74, 6) is 5.88. The number of alkyl halides is 2. The molecule has 0 atom stereocenters. The monoisotopic (exact) mass is 314 g/mol. The molecule has 2 aromatic rings. The maximum absolute atomic E-state index is 6.05. The number of rotatable bonds is 4. The van der Waals surface area contributed by atoms with Gasteiger partial charge in [0.05, 0.1) is 5.88 Å². The smallest absolute Gasteiger partial charge is 0.145 e. The zero-order valence-corrected chi connectivity index (χ0v) is 12.7. The van der Waals surface area contributed by atoms with Crippen LogP contribution in [0, 0.1) is 24.4 Å². The van der Waals surface area contributed by atoms with Crippen molar-refractivity contribution in [2.24, 2.45) is 0 Å². The van der Waals surface area contributed by atoms with Gasteiger partial charge < -0.3 is 4.74 Å². The lowest BCUT2D eigenvalue weighted by molar-refractivity contribution is 0.514. The molecule has 0 aliphatic carbocycles. The van der Waals surface area contributed by atoms with E-state index < -0.39 is 0 Å². The molecule has 0 N–H and O–H groups in total. The Morgan fingerprint density at radius 2 is 1.71 bits per heavy atom. The normalized spacial score (nSPS) is 9.38. The van der Waals surface area contributed by atoms with Crippen molar-refractivity contribution >= 4 is 23.2 Å². The van der Waals surface area contributed by atoms with E-state index in [9.17, 15) is 0 Å². The molecule has 0 fully saturated rings. The predicted octanol–water partition coefficient (Wildman–Crippen LogP) is 4.80. The van der Waals surface area contributed by atoms with Crippen molar-refractivity contribution in [2.75, 3.05) is 0 Å². The van der Waals surface area contributed by atoms with Crippen molar-refractivity contribution in [1.29, 1.82) is 0 Å². The second kappa shape index (κ2) is 7.65. The largest absolute Gasteiger partial charge is 0.406 e. The van der Waals surface area contributed by atoms with Crippen LogP contribution in [0.25, 0.3) is 11.1 Å². The third-order valence-electron chi connectivity index (χ3n) is 2.94. The molecule has 0 saturated heterocycles. The molecule has 0 spiro atoms. The number of hydrogen-bond donors (Lipinski definition) is 0. The van der Waals surface area contributed by atoms with Gasteiger partial charge in [0.2, 0.25) is 0 Å². The first kappa shape index (κ1) is 15.3.